The minimum atomic E-state index is -0.192. The molecule has 0 aromatic heterocycles. The molecule has 15 heavy (non-hydrogen) atoms. The molecule has 82 valence electrons. The van der Waals surface area contributed by atoms with Gasteiger partial charge in [-0.1, -0.05) is 27.5 Å². The van der Waals surface area contributed by atoms with Crippen molar-refractivity contribution in [3.8, 4) is 5.75 Å². The van der Waals surface area contributed by atoms with Crippen LogP contribution < -0.4 is 4.74 Å². The third kappa shape index (κ3) is 3.50. The van der Waals surface area contributed by atoms with E-state index in [1.165, 1.54) is 0 Å². The Bertz CT molecular complexity index is 366. The summed E-state index contributed by atoms with van der Waals surface area (Å²) in [6.07, 6.45) is 0.575. The maximum Gasteiger partial charge on any atom is 0.143 e. The molecule has 0 saturated heterocycles. The number of rotatable bonds is 4. The number of carbonyl (C=O) groups excluding carboxylic acids is 1. The Morgan fingerprint density at radius 1 is 1.60 bits per heavy atom. The average Bonchev–Trinajstić information content (AvgIpc) is 2.21. The predicted molar refractivity (Wildman–Crippen MR) is 65.1 cm³/mol. The van der Waals surface area contributed by atoms with Gasteiger partial charge in [0.1, 0.15) is 11.5 Å². The molecule has 1 aromatic carbocycles. The van der Waals surface area contributed by atoms with Crippen molar-refractivity contribution in [3.05, 3.63) is 28.8 Å². The summed E-state index contributed by atoms with van der Waals surface area (Å²) in [7, 11) is 1.60. The molecule has 0 N–H and O–H groups in total. The number of carbonyl (C=O) groups is 1. The molecule has 0 aliphatic heterocycles. The van der Waals surface area contributed by atoms with Crippen LogP contribution in [-0.2, 0) is 11.2 Å². The average molecular weight is 292 g/mol. The molecule has 1 rings (SSSR count). The Kier molecular flexibility index (Phi) is 4.61. The lowest BCUT2D eigenvalue weighted by molar-refractivity contribution is -0.116. The summed E-state index contributed by atoms with van der Waals surface area (Å²) in [4.78, 5) is 10.9. The lowest BCUT2D eigenvalue weighted by Gasteiger charge is -2.09. The first kappa shape index (κ1) is 12.5. The molecule has 0 saturated carbocycles. The second-order valence-electron chi connectivity index (χ2n) is 3.24. The minimum absolute atomic E-state index is 0.0916. The van der Waals surface area contributed by atoms with E-state index in [1.807, 2.05) is 6.07 Å². The van der Waals surface area contributed by atoms with Gasteiger partial charge in [-0.3, -0.25) is 4.79 Å². The molecular weight excluding hydrogens is 279 g/mol. The second-order valence-corrected chi connectivity index (χ2v) is 4.75. The van der Waals surface area contributed by atoms with Crippen LogP contribution in [0.25, 0.3) is 0 Å². The normalized spacial score (nSPS) is 12.3. The van der Waals surface area contributed by atoms with Gasteiger partial charge in [0.05, 0.1) is 11.9 Å². The molecule has 1 aromatic rings. The summed E-state index contributed by atoms with van der Waals surface area (Å²) in [5, 5.41) is 0.654. The van der Waals surface area contributed by atoms with Crippen molar-refractivity contribution >= 4 is 33.3 Å². The Hall–Kier alpha value is -0.540. The Morgan fingerprint density at radius 2 is 2.27 bits per heavy atom. The van der Waals surface area contributed by atoms with E-state index in [0.29, 0.717) is 11.4 Å². The largest absolute Gasteiger partial charge is 0.497 e. The van der Waals surface area contributed by atoms with Gasteiger partial charge in [0.2, 0.25) is 0 Å². The number of Topliss-reactive ketones (excluding diaryl/α,β-unsaturated/α-hetero) is 1. The van der Waals surface area contributed by atoms with Crippen LogP contribution in [0.1, 0.15) is 12.5 Å². The molecule has 0 heterocycles. The van der Waals surface area contributed by atoms with E-state index in [-0.39, 0.29) is 10.6 Å². The van der Waals surface area contributed by atoms with Gasteiger partial charge < -0.3 is 4.74 Å². The van der Waals surface area contributed by atoms with Crippen LogP contribution in [0.2, 0.25) is 5.02 Å². The van der Waals surface area contributed by atoms with Crippen molar-refractivity contribution in [2.45, 2.75) is 18.2 Å². The number of ether oxygens (including phenoxy) is 1. The first-order chi connectivity index (χ1) is 7.04. The standard InChI is InChI=1S/C11H12BrClO2/c1-7(14)10(12)6-8-5-9(15-2)3-4-11(8)13/h3-5,10H,6H2,1-2H3. The highest BCUT2D eigenvalue weighted by Crippen LogP contribution is 2.24. The lowest BCUT2D eigenvalue weighted by atomic mass is 10.1. The van der Waals surface area contributed by atoms with E-state index in [0.717, 1.165) is 11.3 Å². The fourth-order valence-corrected chi connectivity index (χ4v) is 1.71. The highest BCUT2D eigenvalue weighted by Gasteiger charge is 2.13. The van der Waals surface area contributed by atoms with E-state index in [4.69, 9.17) is 16.3 Å². The molecule has 0 amide bonds. The zero-order valence-corrected chi connectivity index (χ0v) is 10.9. The third-order valence-electron chi connectivity index (χ3n) is 2.09. The molecule has 1 unspecified atom stereocenters. The number of alkyl halides is 1. The summed E-state index contributed by atoms with van der Waals surface area (Å²) in [5.74, 6) is 0.839. The van der Waals surface area contributed by atoms with E-state index in [2.05, 4.69) is 15.9 Å². The van der Waals surface area contributed by atoms with Gasteiger partial charge in [-0.2, -0.15) is 0 Å². The summed E-state index contributed by atoms with van der Waals surface area (Å²) < 4.78 is 5.09. The number of methoxy groups -OCH3 is 1. The van der Waals surface area contributed by atoms with Crippen LogP contribution in [-0.4, -0.2) is 17.7 Å². The highest BCUT2D eigenvalue weighted by atomic mass is 79.9. The molecule has 1 atom stereocenters. The summed E-state index contributed by atoms with van der Waals surface area (Å²) in [6, 6.07) is 5.41. The maximum absolute atomic E-state index is 11.1. The Morgan fingerprint density at radius 3 is 2.80 bits per heavy atom. The van der Waals surface area contributed by atoms with Crippen LogP contribution in [0.3, 0.4) is 0 Å². The van der Waals surface area contributed by atoms with Crippen LogP contribution in [0, 0.1) is 0 Å². The molecular formula is C11H12BrClO2. The van der Waals surface area contributed by atoms with Crippen LogP contribution in [0.15, 0.2) is 18.2 Å². The van der Waals surface area contributed by atoms with Gasteiger partial charge in [0.25, 0.3) is 0 Å². The lowest BCUT2D eigenvalue weighted by Crippen LogP contribution is -2.12. The number of hydrogen-bond donors (Lipinski definition) is 0. The smallest absolute Gasteiger partial charge is 0.143 e. The van der Waals surface area contributed by atoms with Gasteiger partial charge in [0, 0.05) is 5.02 Å². The monoisotopic (exact) mass is 290 g/mol. The maximum atomic E-state index is 11.1. The zero-order valence-electron chi connectivity index (χ0n) is 8.59. The second kappa shape index (κ2) is 5.52. The fraction of sp³-hybridized carbons (Fsp3) is 0.364. The van der Waals surface area contributed by atoms with Gasteiger partial charge in [0.15, 0.2) is 0 Å². The zero-order chi connectivity index (χ0) is 11.4. The summed E-state index contributed by atoms with van der Waals surface area (Å²) >= 11 is 9.32. The molecule has 0 fully saturated rings. The first-order valence-electron chi connectivity index (χ1n) is 4.51. The van der Waals surface area contributed by atoms with E-state index in [9.17, 15) is 4.79 Å². The number of halogens is 2. The summed E-state index contributed by atoms with van der Waals surface area (Å²) in [5.41, 5.74) is 0.910. The topological polar surface area (TPSA) is 26.3 Å². The fourth-order valence-electron chi connectivity index (χ4n) is 1.17. The molecule has 0 aliphatic rings. The van der Waals surface area contributed by atoms with Crippen molar-refractivity contribution < 1.29 is 9.53 Å². The Labute approximate surface area is 103 Å². The molecule has 0 aliphatic carbocycles. The van der Waals surface area contributed by atoms with Crippen LogP contribution in [0.5, 0.6) is 5.75 Å². The van der Waals surface area contributed by atoms with E-state index < -0.39 is 0 Å². The van der Waals surface area contributed by atoms with Crippen molar-refractivity contribution in [3.63, 3.8) is 0 Å². The van der Waals surface area contributed by atoms with Crippen molar-refractivity contribution in [1.82, 2.24) is 0 Å². The molecule has 0 spiro atoms. The molecule has 4 heteroatoms. The van der Waals surface area contributed by atoms with Gasteiger partial charge in [-0.25, -0.2) is 0 Å². The number of hydrogen-bond acceptors (Lipinski definition) is 2. The SMILES string of the molecule is COc1ccc(Cl)c(CC(Br)C(C)=O)c1. The predicted octanol–water partition coefficient (Wildman–Crippen LogP) is 3.24. The minimum Gasteiger partial charge on any atom is -0.497 e. The number of ketones is 1. The van der Waals surface area contributed by atoms with Gasteiger partial charge in [-0.15, -0.1) is 0 Å². The van der Waals surface area contributed by atoms with Crippen molar-refractivity contribution in [2.24, 2.45) is 0 Å². The molecule has 0 bridgehead atoms. The first-order valence-corrected chi connectivity index (χ1v) is 5.81. The quantitative estimate of drug-likeness (QED) is 0.796. The highest BCUT2D eigenvalue weighted by molar-refractivity contribution is 9.10. The Balaban J connectivity index is 2.88. The van der Waals surface area contributed by atoms with E-state index in [1.54, 1.807) is 26.2 Å². The van der Waals surface area contributed by atoms with Gasteiger partial charge >= 0.3 is 0 Å². The number of benzene rings is 1. The summed E-state index contributed by atoms with van der Waals surface area (Å²) in [6.45, 7) is 1.55. The van der Waals surface area contributed by atoms with Gasteiger partial charge in [-0.05, 0) is 37.1 Å². The van der Waals surface area contributed by atoms with E-state index >= 15 is 0 Å². The van der Waals surface area contributed by atoms with Crippen LogP contribution >= 0.6 is 27.5 Å². The third-order valence-corrected chi connectivity index (χ3v) is 3.43. The van der Waals surface area contributed by atoms with Crippen LogP contribution in [0.4, 0.5) is 0 Å². The molecule has 0 radical (unpaired) electrons. The van der Waals surface area contributed by atoms with Crippen molar-refractivity contribution in [2.75, 3.05) is 7.11 Å². The molecule has 2 nitrogen and oxygen atoms in total. The van der Waals surface area contributed by atoms with Crippen molar-refractivity contribution in [1.29, 1.82) is 0 Å².